The molecule has 2 aromatic rings. The lowest BCUT2D eigenvalue weighted by Crippen LogP contribution is -2.33. The average molecular weight is 813 g/mol. The van der Waals surface area contributed by atoms with E-state index in [9.17, 15) is 30.1 Å². The molecule has 0 bridgehead atoms. The van der Waals surface area contributed by atoms with Crippen molar-refractivity contribution < 1.29 is 34.1 Å². The highest BCUT2D eigenvalue weighted by Crippen LogP contribution is 2.49. The number of hydrogen-bond donors (Lipinski definition) is 2. The van der Waals surface area contributed by atoms with E-state index < -0.39 is 36.0 Å². The number of benzene rings is 2. The monoisotopic (exact) mass is 812 g/mol. The molecule has 1 unspecified atom stereocenters. The van der Waals surface area contributed by atoms with E-state index in [0.717, 1.165) is 52.5 Å². The van der Waals surface area contributed by atoms with Gasteiger partial charge in [-0.3, -0.25) is 9.11 Å². The summed E-state index contributed by atoms with van der Waals surface area (Å²) in [6.07, 6.45) is 12.0. The van der Waals surface area contributed by atoms with Crippen LogP contribution in [0.3, 0.4) is 0 Å². The Balaban J connectivity index is 1.56. The first-order valence-electron chi connectivity index (χ1n) is 19.0. The first-order valence-corrected chi connectivity index (χ1v) is 23.4. The maximum absolute atomic E-state index is 14.0. The molecule has 3 aliphatic rings. The van der Waals surface area contributed by atoms with E-state index in [2.05, 4.69) is 86.1 Å². The standard InChI is InChI=1S/C42H57N3O7S3/c1-40(2,3)53(46)43(8)39-31(23-25-37-41(4,5)33-17-9-11-19-35(33)44(37)27-13-15-29-54(47,48)49)21-22-32(39)24-26-38-42(6,7)34-18-10-12-20-36(34)45(38)28-14-16-30-55(50,51)52/h9-12,17-20,23-26H,13-16,21-22,27-30H2,1-8H3,(H-,47,48,49,50,51,52)/p+1. The third-order valence-corrected chi connectivity index (χ3v) is 14.2. The van der Waals surface area contributed by atoms with Gasteiger partial charge in [-0.2, -0.15) is 21.0 Å². The van der Waals surface area contributed by atoms with Gasteiger partial charge in [0.25, 0.3) is 31.2 Å². The third kappa shape index (κ3) is 9.61. The second-order valence-electron chi connectivity index (χ2n) is 16.8. The van der Waals surface area contributed by atoms with E-state index in [4.69, 9.17) is 0 Å². The average Bonchev–Trinajstić information content (AvgIpc) is 3.66. The predicted molar refractivity (Wildman–Crippen MR) is 226 cm³/mol. The van der Waals surface area contributed by atoms with Gasteiger partial charge in [0.2, 0.25) is 5.71 Å². The van der Waals surface area contributed by atoms with Crippen LogP contribution in [-0.2, 0) is 42.1 Å². The van der Waals surface area contributed by atoms with Crippen molar-refractivity contribution in [2.24, 2.45) is 0 Å². The van der Waals surface area contributed by atoms with Crippen LogP contribution in [0.5, 0.6) is 0 Å². The van der Waals surface area contributed by atoms with Gasteiger partial charge in [-0.25, -0.2) is 0 Å². The predicted octanol–water partition coefficient (Wildman–Crippen LogP) is 7.88. The van der Waals surface area contributed by atoms with E-state index in [1.807, 2.05) is 56.1 Å². The lowest BCUT2D eigenvalue weighted by atomic mass is 9.83. The maximum atomic E-state index is 14.0. The molecule has 2 aliphatic heterocycles. The number of nitrogens with zero attached hydrogens (tertiary/aromatic N) is 3. The van der Waals surface area contributed by atoms with Crippen LogP contribution in [-0.4, -0.2) is 76.2 Å². The highest BCUT2D eigenvalue weighted by atomic mass is 32.2. The van der Waals surface area contributed by atoms with Gasteiger partial charge < -0.3 is 9.80 Å². The molecule has 0 saturated heterocycles. The number of unbranched alkanes of at least 4 members (excludes halogenated alkanes) is 2. The Morgan fingerprint density at radius 1 is 0.691 bits per heavy atom. The Labute approximate surface area is 331 Å². The van der Waals surface area contributed by atoms with Crippen molar-refractivity contribution in [3.05, 3.63) is 107 Å². The molecule has 2 N–H and O–H groups in total. The number of allylic oxidation sites excluding steroid dienone is 8. The number of rotatable bonds is 13. The molecule has 55 heavy (non-hydrogen) atoms. The van der Waals surface area contributed by atoms with Gasteiger partial charge in [-0.1, -0.05) is 76.2 Å². The Morgan fingerprint density at radius 2 is 1.07 bits per heavy atom. The molecule has 2 heterocycles. The van der Waals surface area contributed by atoms with Gasteiger partial charge >= 0.3 is 0 Å². The zero-order valence-electron chi connectivity index (χ0n) is 33.5. The minimum atomic E-state index is -4.03. The largest absolute Gasteiger partial charge is 0.344 e. The molecule has 0 aromatic heterocycles. The Kier molecular flexibility index (Phi) is 12.6. The lowest BCUT2D eigenvalue weighted by molar-refractivity contribution is -0.319. The number of fused-ring (bicyclic) bond motifs is 2. The maximum Gasteiger partial charge on any atom is 0.287 e. The van der Waals surface area contributed by atoms with Crippen LogP contribution in [0.4, 0.5) is 11.4 Å². The van der Waals surface area contributed by atoms with Crippen LogP contribution >= 0.6 is 0 Å². The molecule has 0 spiro atoms. The zero-order chi connectivity index (χ0) is 40.6. The van der Waals surface area contributed by atoms with Crippen LogP contribution in [0.25, 0.3) is 0 Å². The Bertz CT molecular complexity index is 2070. The summed E-state index contributed by atoms with van der Waals surface area (Å²) >= 11 is 0. The van der Waals surface area contributed by atoms with Crippen molar-refractivity contribution in [3.63, 3.8) is 0 Å². The SMILES string of the molecule is C[N+](=C1C(=CC=C2N(CCCCS(=O)(=O)O)c3ccccc3C2(C)C)CC/C1=C\C=C1\N(CCCCS(=O)(=O)O)c2ccccc2C1(C)C)S(=O)C(C)(C)C. The smallest absolute Gasteiger partial charge is 0.287 e. The molecule has 13 heteroatoms. The minimum absolute atomic E-state index is 0.273. The molecule has 5 rings (SSSR count). The summed E-state index contributed by atoms with van der Waals surface area (Å²) in [6.45, 7) is 15.9. The highest BCUT2D eigenvalue weighted by molar-refractivity contribution is 7.86. The summed E-state index contributed by atoms with van der Waals surface area (Å²) in [5, 5.41) is 0. The lowest BCUT2D eigenvalue weighted by Gasteiger charge is -2.27. The molecular formula is C42H58N3O7S3+. The van der Waals surface area contributed by atoms with Crippen molar-refractivity contribution >= 4 is 48.3 Å². The van der Waals surface area contributed by atoms with E-state index in [-0.39, 0.29) is 22.3 Å². The summed E-state index contributed by atoms with van der Waals surface area (Å²) in [4.78, 5) is 4.52. The van der Waals surface area contributed by atoms with Crippen molar-refractivity contribution in [2.45, 2.75) is 103 Å². The summed E-state index contributed by atoms with van der Waals surface area (Å²) in [5.74, 6) is -0.546. The number of anilines is 2. The zero-order valence-corrected chi connectivity index (χ0v) is 36.0. The Morgan fingerprint density at radius 3 is 1.44 bits per heavy atom. The summed E-state index contributed by atoms with van der Waals surface area (Å²) < 4.78 is 79.7. The van der Waals surface area contributed by atoms with Gasteiger partial charge in [-0.15, -0.1) is 3.98 Å². The fraction of sp³-hybridized carbons (Fsp3) is 0.500. The van der Waals surface area contributed by atoms with Crippen LogP contribution in [0, 0.1) is 0 Å². The van der Waals surface area contributed by atoms with Gasteiger partial charge in [0.1, 0.15) is 7.05 Å². The van der Waals surface area contributed by atoms with E-state index in [1.54, 1.807) is 0 Å². The highest BCUT2D eigenvalue weighted by Gasteiger charge is 2.42. The normalized spacial score (nSPS) is 22.6. The van der Waals surface area contributed by atoms with E-state index >= 15 is 0 Å². The first kappa shape index (κ1) is 42.8. The van der Waals surface area contributed by atoms with Crippen molar-refractivity contribution in [1.29, 1.82) is 0 Å². The van der Waals surface area contributed by atoms with Gasteiger partial charge in [-0.05, 0) is 94.7 Å². The first-order chi connectivity index (χ1) is 25.5. The van der Waals surface area contributed by atoms with Crippen LogP contribution in [0.1, 0.15) is 98.1 Å². The Hall–Kier alpha value is -3.36. The molecule has 1 aliphatic carbocycles. The number of para-hydroxylation sites is 2. The van der Waals surface area contributed by atoms with E-state index in [0.29, 0.717) is 38.8 Å². The summed E-state index contributed by atoms with van der Waals surface area (Å²) in [5.41, 5.74) is 9.14. The van der Waals surface area contributed by atoms with Crippen LogP contribution in [0.15, 0.2) is 95.4 Å². The quantitative estimate of drug-likeness (QED) is 0.118. The van der Waals surface area contributed by atoms with Crippen molar-refractivity contribution in [1.82, 2.24) is 0 Å². The minimum Gasteiger partial charge on any atom is -0.344 e. The summed E-state index contributed by atoms with van der Waals surface area (Å²) in [6, 6.07) is 16.6. The van der Waals surface area contributed by atoms with Crippen LogP contribution in [0.2, 0.25) is 0 Å². The number of hydrogen-bond acceptors (Lipinski definition) is 7. The van der Waals surface area contributed by atoms with Crippen molar-refractivity contribution in [2.75, 3.05) is 41.4 Å². The van der Waals surface area contributed by atoms with Crippen LogP contribution < -0.4 is 9.80 Å². The molecular weight excluding hydrogens is 755 g/mol. The fourth-order valence-corrected chi connectivity index (χ4v) is 10.5. The molecule has 2 aromatic carbocycles. The van der Waals surface area contributed by atoms with Gasteiger partial charge in [0.15, 0.2) is 0 Å². The molecule has 1 atom stereocenters. The van der Waals surface area contributed by atoms with Crippen molar-refractivity contribution in [3.8, 4) is 0 Å². The van der Waals surface area contributed by atoms with Gasteiger partial charge in [0, 0.05) is 57.8 Å². The molecule has 10 nitrogen and oxygen atoms in total. The second-order valence-corrected chi connectivity index (χ2v) is 22.2. The fourth-order valence-electron chi connectivity index (χ4n) is 8.17. The van der Waals surface area contributed by atoms with E-state index in [1.165, 1.54) is 11.1 Å². The molecule has 1 saturated carbocycles. The molecule has 0 amide bonds. The van der Waals surface area contributed by atoms with Gasteiger partial charge in [0.05, 0.1) is 16.3 Å². The molecule has 300 valence electrons. The second kappa shape index (κ2) is 16.2. The topological polar surface area (TPSA) is 135 Å². The third-order valence-electron chi connectivity index (χ3n) is 10.9. The summed E-state index contributed by atoms with van der Waals surface area (Å²) in [7, 11) is -7.52. The molecule has 1 fully saturated rings. The molecule has 0 radical (unpaired) electrons.